The Morgan fingerprint density at radius 2 is 2.11 bits per heavy atom. The molecule has 5 unspecified atom stereocenters. The zero-order chi connectivity index (χ0) is 19.6. The Kier molecular flexibility index (Phi) is 3.92. The minimum absolute atomic E-state index is 0.0129. The number of esters is 2. The van der Waals surface area contributed by atoms with Gasteiger partial charge in [-0.25, -0.2) is 4.79 Å². The average Bonchev–Trinajstić information content (AvgIpc) is 3.33. The molecular formula is C22H26NO5+. The van der Waals surface area contributed by atoms with Crippen LogP contribution in [0.3, 0.4) is 0 Å². The minimum Gasteiger partial charge on any atom is -0.425 e. The summed E-state index contributed by atoms with van der Waals surface area (Å²) in [5.74, 6) is -0.489. The highest BCUT2D eigenvalue weighted by atomic mass is 16.7. The van der Waals surface area contributed by atoms with E-state index < -0.39 is 5.79 Å². The minimum atomic E-state index is -0.945. The van der Waals surface area contributed by atoms with Crippen molar-refractivity contribution in [1.29, 1.82) is 0 Å². The van der Waals surface area contributed by atoms with E-state index in [4.69, 9.17) is 14.2 Å². The van der Waals surface area contributed by atoms with Gasteiger partial charge in [0.05, 0.1) is 17.9 Å². The number of hydrogen-bond donors (Lipinski definition) is 0. The standard InChI is InChI=1S/C22H26NO5/c1-4-14-19-16-8-7-15(18-10-12(2)20(24)26-18)23(16)9-5-6-17(19)27-22(14)11-13(3)21(25)28-22/h7-8,11-12,14,17,19H,4-6,9-10H2,1-3H3/q+1. The van der Waals surface area contributed by atoms with Gasteiger partial charge in [-0.05, 0) is 25.8 Å². The van der Waals surface area contributed by atoms with Gasteiger partial charge in [-0.15, -0.1) is 0 Å². The average molecular weight is 384 g/mol. The molecule has 148 valence electrons. The lowest BCUT2D eigenvalue weighted by molar-refractivity contribution is -0.472. The van der Waals surface area contributed by atoms with E-state index in [1.807, 2.05) is 13.0 Å². The summed E-state index contributed by atoms with van der Waals surface area (Å²) >= 11 is 0. The van der Waals surface area contributed by atoms with Gasteiger partial charge in [-0.2, -0.15) is 4.58 Å². The largest absolute Gasteiger partial charge is 0.425 e. The number of rotatable bonds is 1. The lowest BCUT2D eigenvalue weighted by atomic mass is 9.79. The van der Waals surface area contributed by atoms with Gasteiger partial charge >= 0.3 is 11.9 Å². The van der Waals surface area contributed by atoms with Crippen molar-refractivity contribution in [2.75, 3.05) is 6.54 Å². The number of hydrogen-bond acceptors (Lipinski definition) is 5. The Balaban J connectivity index is 1.57. The summed E-state index contributed by atoms with van der Waals surface area (Å²) in [7, 11) is 0. The molecule has 1 spiro atoms. The van der Waals surface area contributed by atoms with Gasteiger partial charge in [0.2, 0.25) is 11.5 Å². The van der Waals surface area contributed by atoms with Crippen molar-refractivity contribution in [3.63, 3.8) is 0 Å². The Morgan fingerprint density at radius 3 is 2.75 bits per heavy atom. The maximum absolute atomic E-state index is 12.1. The van der Waals surface area contributed by atoms with E-state index in [-0.39, 0.29) is 35.8 Å². The molecule has 0 radical (unpaired) electrons. The zero-order valence-electron chi connectivity index (χ0n) is 16.6. The molecule has 2 fully saturated rings. The number of carbonyl (C=O) groups excluding carboxylic acids is 2. The third-order valence-corrected chi connectivity index (χ3v) is 6.75. The molecule has 5 aliphatic heterocycles. The first-order valence-corrected chi connectivity index (χ1v) is 10.3. The summed E-state index contributed by atoms with van der Waals surface area (Å²) in [6, 6.07) is 0. The van der Waals surface area contributed by atoms with Gasteiger partial charge < -0.3 is 14.2 Å². The summed E-state index contributed by atoms with van der Waals surface area (Å²) < 4.78 is 20.1. The van der Waals surface area contributed by atoms with Crippen LogP contribution in [-0.2, 0) is 23.8 Å². The van der Waals surface area contributed by atoms with E-state index in [2.05, 4.69) is 23.7 Å². The molecule has 0 aliphatic carbocycles. The van der Waals surface area contributed by atoms with E-state index in [9.17, 15) is 9.59 Å². The Morgan fingerprint density at radius 1 is 1.29 bits per heavy atom. The van der Waals surface area contributed by atoms with E-state index in [0.29, 0.717) is 12.0 Å². The summed E-state index contributed by atoms with van der Waals surface area (Å²) in [5.41, 5.74) is 2.81. The normalized spacial score (nSPS) is 41.9. The topological polar surface area (TPSA) is 64.8 Å². The van der Waals surface area contributed by atoms with Crippen LogP contribution >= 0.6 is 0 Å². The number of allylic oxidation sites excluding steroid dienone is 3. The fraction of sp³-hybridized carbons (Fsp3) is 0.591. The van der Waals surface area contributed by atoms with E-state index in [0.717, 1.165) is 37.3 Å². The fourth-order valence-electron chi connectivity index (χ4n) is 5.44. The molecule has 0 amide bonds. The van der Waals surface area contributed by atoms with Crippen LogP contribution in [0.2, 0.25) is 0 Å². The molecule has 5 atom stereocenters. The fourth-order valence-corrected chi connectivity index (χ4v) is 5.44. The highest BCUT2D eigenvalue weighted by molar-refractivity contribution is 5.97. The van der Waals surface area contributed by atoms with Gasteiger partial charge in [0, 0.05) is 36.5 Å². The molecule has 28 heavy (non-hydrogen) atoms. The third-order valence-electron chi connectivity index (χ3n) is 6.75. The second-order valence-corrected chi connectivity index (χ2v) is 8.52. The lowest BCUT2D eigenvalue weighted by Crippen LogP contribution is -2.38. The first-order valence-electron chi connectivity index (χ1n) is 10.3. The van der Waals surface area contributed by atoms with Crippen molar-refractivity contribution in [1.82, 2.24) is 0 Å². The molecule has 0 aromatic carbocycles. The van der Waals surface area contributed by atoms with Crippen LogP contribution in [0.4, 0.5) is 0 Å². The molecule has 5 rings (SSSR count). The van der Waals surface area contributed by atoms with Gasteiger partial charge in [0.25, 0.3) is 0 Å². The van der Waals surface area contributed by atoms with Gasteiger partial charge in [0.15, 0.2) is 11.5 Å². The molecule has 5 aliphatic rings. The van der Waals surface area contributed by atoms with Crippen molar-refractivity contribution < 1.29 is 28.4 Å². The monoisotopic (exact) mass is 384 g/mol. The summed E-state index contributed by atoms with van der Waals surface area (Å²) in [6.45, 7) is 6.69. The lowest BCUT2D eigenvalue weighted by Gasteiger charge is -2.27. The van der Waals surface area contributed by atoms with Gasteiger partial charge in [-0.1, -0.05) is 13.8 Å². The van der Waals surface area contributed by atoms with Gasteiger partial charge in [0.1, 0.15) is 6.54 Å². The van der Waals surface area contributed by atoms with Crippen molar-refractivity contribution in [2.45, 2.75) is 58.3 Å². The third kappa shape index (κ3) is 2.40. The number of ether oxygens (including phenoxy) is 3. The Hall–Kier alpha value is -2.21. The molecule has 0 aromatic heterocycles. The first-order chi connectivity index (χ1) is 13.4. The second-order valence-electron chi connectivity index (χ2n) is 8.52. The predicted octanol–water partition coefficient (Wildman–Crippen LogP) is 2.84. The molecule has 5 heterocycles. The van der Waals surface area contributed by atoms with Crippen LogP contribution in [0, 0.1) is 17.8 Å². The molecule has 6 heteroatoms. The molecule has 2 saturated heterocycles. The Bertz CT molecular complexity index is 895. The van der Waals surface area contributed by atoms with Crippen molar-refractivity contribution >= 4 is 17.7 Å². The van der Waals surface area contributed by atoms with E-state index >= 15 is 0 Å². The molecule has 0 aromatic rings. The van der Waals surface area contributed by atoms with Crippen molar-refractivity contribution in [3.8, 4) is 0 Å². The van der Waals surface area contributed by atoms with Gasteiger partial charge in [-0.3, -0.25) is 4.79 Å². The second kappa shape index (κ2) is 6.14. The molecule has 0 N–H and O–H groups in total. The smallest absolute Gasteiger partial charge is 0.336 e. The molecular weight excluding hydrogens is 358 g/mol. The molecule has 0 saturated carbocycles. The first kappa shape index (κ1) is 17.9. The van der Waals surface area contributed by atoms with E-state index in [1.165, 1.54) is 5.71 Å². The maximum Gasteiger partial charge on any atom is 0.336 e. The van der Waals surface area contributed by atoms with Crippen LogP contribution < -0.4 is 0 Å². The quantitative estimate of drug-likeness (QED) is 0.514. The summed E-state index contributed by atoms with van der Waals surface area (Å²) in [6.07, 6.45) is 9.48. The number of nitrogens with zero attached hydrogens (tertiary/aromatic N) is 1. The number of fused-ring (bicyclic) bond motifs is 2. The highest BCUT2D eigenvalue weighted by Gasteiger charge is 2.61. The van der Waals surface area contributed by atoms with Crippen molar-refractivity contribution in [2.24, 2.45) is 17.8 Å². The highest BCUT2D eigenvalue weighted by Crippen LogP contribution is 2.50. The number of cyclic esters (lactones) is 1. The van der Waals surface area contributed by atoms with E-state index in [1.54, 1.807) is 6.92 Å². The van der Waals surface area contributed by atoms with Crippen LogP contribution in [-0.4, -0.2) is 40.7 Å². The summed E-state index contributed by atoms with van der Waals surface area (Å²) in [4.78, 5) is 24.0. The molecule has 6 nitrogen and oxygen atoms in total. The van der Waals surface area contributed by atoms with Crippen molar-refractivity contribution in [3.05, 3.63) is 35.3 Å². The summed E-state index contributed by atoms with van der Waals surface area (Å²) in [5, 5.41) is 0. The SMILES string of the molecule is CCC1C2C3=[N+](CCCC2OC12C=C(C)C(=O)O2)C(=C1CC(C)C(=O)O1)C=C3. The molecule has 0 bridgehead atoms. The predicted molar refractivity (Wildman–Crippen MR) is 100 cm³/mol. The van der Waals surface area contributed by atoms with Crippen LogP contribution in [0.15, 0.2) is 35.3 Å². The van der Waals surface area contributed by atoms with Crippen LogP contribution in [0.5, 0.6) is 0 Å². The zero-order valence-corrected chi connectivity index (χ0v) is 16.6. The maximum atomic E-state index is 12.1. The van der Waals surface area contributed by atoms with Crippen LogP contribution in [0.25, 0.3) is 0 Å². The Labute approximate surface area is 164 Å². The van der Waals surface area contributed by atoms with Crippen LogP contribution in [0.1, 0.15) is 46.5 Å². The number of carbonyl (C=O) groups is 2.